The molecule has 0 radical (unpaired) electrons. The maximum atomic E-state index is 14.5. The number of rotatable bonds is 11. The van der Waals surface area contributed by atoms with Gasteiger partial charge in [0, 0.05) is 0 Å². The van der Waals surface area contributed by atoms with Crippen molar-refractivity contribution in [3.63, 3.8) is 0 Å². The standard InChI is InChI=1S/C36H50F6N2O8Se2/c1-19-5-7-25-21(27(35(37,38)39)45-29-33(25)23(19)9-11-31(3,47-29)49-51-33)17-43-13-15-53-54-16-14-44-18-22-26-8-6-20(2)24-10-12-32(4)48-30(34(24,26)52-50-32)46-28(22)36(40,41)42/h19-20,23-26,29-30,43-44H,5-18H2,1-4H3/t19-,20-,23?,24?,25+,26+,29-,30-,31?,32?,33-,34-/m1/s1. The van der Waals surface area contributed by atoms with Gasteiger partial charge in [0.05, 0.1) is 0 Å². The number of ether oxygens (including phenoxy) is 4. The van der Waals surface area contributed by atoms with Crippen LogP contribution in [0.1, 0.15) is 79.1 Å². The van der Waals surface area contributed by atoms with E-state index in [1.807, 2.05) is 0 Å². The fraction of sp³-hybridized carbons (Fsp3) is 0.889. The molecule has 0 amide bonds. The topological polar surface area (TPSA) is 97.9 Å². The number of nitrogens with one attached hydrogen (secondary N) is 2. The van der Waals surface area contributed by atoms with Gasteiger partial charge in [-0.1, -0.05) is 0 Å². The second kappa shape index (κ2) is 14.6. The average Bonchev–Trinajstić information content (AvgIpc) is 3.48. The van der Waals surface area contributed by atoms with E-state index in [-0.39, 0.29) is 74.2 Å². The number of hydrogen-bond acceptors (Lipinski definition) is 10. The third-order valence-electron chi connectivity index (χ3n) is 13.3. The van der Waals surface area contributed by atoms with Crippen LogP contribution in [0.25, 0.3) is 0 Å². The molecule has 306 valence electrons. The molecule has 2 aliphatic carbocycles. The Morgan fingerprint density at radius 1 is 0.611 bits per heavy atom. The molecule has 10 aliphatic rings. The van der Waals surface area contributed by atoms with Crippen LogP contribution in [0.4, 0.5) is 26.3 Å². The zero-order chi connectivity index (χ0) is 38.3. The third kappa shape index (κ3) is 6.81. The molecule has 4 bridgehead atoms. The predicted molar refractivity (Wildman–Crippen MR) is 181 cm³/mol. The van der Waals surface area contributed by atoms with Gasteiger partial charge in [0.15, 0.2) is 0 Å². The molecule has 18 heteroatoms. The summed E-state index contributed by atoms with van der Waals surface area (Å²) < 4.78 is 110. The quantitative estimate of drug-likeness (QED) is 0.104. The zero-order valence-corrected chi connectivity index (χ0v) is 34.3. The summed E-state index contributed by atoms with van der Waals surface area (Å²) in [5.41, 5.74) is -1.95. The summed E-state index contributed by atoms with van der Waals surface area (Å²) in [4.78, 5) is 23.6. The molecule has 6 saturated heterocycles. The Kier molecular flexibility index (Phi) is 10.8. The van der Waals surface area contributed by atoms with E-state index in [2.05, 4.69) is 24.5 Å². The summed E-state index contributed by atoms with van der Waals surface area (Å²) in [6.07, 6.45) is -6.76. The molecule has 0 aromatic rings. The van der Waals surface area contributed by atoms with Crippen LogP contribution in [-0.2, 0) is 38.5 Å². The van der Waals surface area contributed by atoms with Crippen LogP contribution in [0.3, 0.4) is 0 Å². The molecule has 4 unspecified atom stereocenters. The second-order valence-electron chi connectivity index (χ2n) is 16.6. The fourth-order valence-electron chi connectivity index (χ4n) is 10.7. The van der Waals surface area contributed by atoms with Gasteiger partial charge in [0.25, 0.3) is 0 Å². The molecular formula is C36H50F6N2O8Se2. The molecule has 54 heavy (non-hydrogen) atoms. The Morgan fingerprint density at radius 2 is 1.02 bits per heavy atom. The monoisotopic (exact) mass is 912 g/mol. The fourth-order valence-corrected chi connectivity index (χ4v) is 16.5. The van der Waals surface area contributed by atoms with Gasteiger partial charge in [-0.25, -0.2) is 0 Å². The van der Waals surface area contributed by atoms with Gasteiger partial charge in [-0.3, -0.25) is 0 Å². The summed E-state index contributed by atoms with van der Waals surface area (Å²) in [7, 11) is 0. The van der Waals surface area contributed by atoms with Crippen molar-refractivity contribution in [3.05, 3.63) is 22.7 Å². The summed E-state index contributed by atoms with van der Waals surface area (Å²) in [6.45, 7) is 8.68. The van der Waals surface area contributed by atoms with Crippen LogP contribution in [0.15, 0.2) is 22.7 Å². The number of halogens is 6. The molecule has 2 N–H and O–H groups in total. The summed E-state index contributed by atoms with van der Waals surface area (Å²) in [6, 6.07) is 0. The Morgan fingerprint density at radius 3 is 1.41 bits per heavy atom. The van der Waals surface area contributed by atoms with Crippen molar-refractivity contribution in [1.82, 2.24) is 10.6 Å². The molecule has 0 aromatic carbocycles. The van der Waals surface area contributed by atoms with E-state index in [0.717, 1.165) is 23.5 Å². The van der Waals surface area contributed by atoms with Gasteiger partial charge in [0.1, 0.15) is 0 Å². The van der Waals surface area contributed by atoms with Crippen LogP contribution < -0.4 is 10.6 Å². The van der Waals surface area contributed by atoms with Gasteiger partial charge < -0.3 is 0 Å². The molecular weight excluding hydrogens is 860 g/mol. The van der Waals surface area contributed by atoms with Crippen LogP contribution in [0.2, 0.25) is 10.6 Å². The Hall–Kier alpha value is -0.621. The van der Waals surface area contributed by atoms with Gasteiger partial charge >= 0.3 is 323 Å². The number of hydrogen-bond donors (Lipinski definition) is 2. The third-order valence-corrected chi connectivity index (χ3v) is 20.6. The first-order valence-corrected chi connectivity index (χ1v) is 26.0. The maximum absolute atomic E-state index is 14.5. The SMILES string of the molecule is C[C@@H]1CC[C@H]2C(CNCC[Se][Se]CCNCC3=C(C(F)(F)F)O[C@@H]4OC5(C)CCC6[C@H](C)CC[C@@H]3[C@]64OO5)=C(C(F)(F)F)O[C@@H]3OC4(C)CCC1[C@]32OO4. The van der Waals surface area contributed by atoms with E-state index in [1.54, 1.807) is 13.8 Å². The van der Waals surface area contributed by atoms with Crippen molar-refractivity contribution in [2.45, 2.75) is 137 Å². The summed E-state index contributed by atoms with van der Waals surface area (Å²) in [5.74, 6) is -5.12. The molecule has 0 aromatic heterocycles. The molecule has 8 heterocycles. The number of allylic oxidation sites excluding steroid dienone is 2. The Bertz CT molecular complexity index is 1400. The first-order valence-electron chi connectivity index (χ1n) is 19.2. The molecule has 8 fully saturated rings. The summed E-state index contributed by atoms with van der Waals surface area (Å²) >= 11 is 0.476. The Labute approximate surface area is 322 Å². The van der Waals surface area contributed by atoms with E-state index < -0.39 is 71.1 Å². The van der Waals surface area contributed by atoms with Crippen LogP contribution in [0, 0.1) is 35.5 Å². The Balaban J connectivity index is 0.847. The minimum absolute atomic E-state index is 0.0151. The van der Waals surface area contributed by atoms with E-state index in [1.165, 1.54) is 0 Å². The van der Waals surface area contributed by atoms with E-state index in [0.29, 0.717) is 51.6 Å². The molecule has 2 spiro atoms. The first-order chi connectivity index (χ1) is 25.5. The molecule has 12 atom stereocenters. The van der Waals surface area contributed by atoms with Crippen molar-refractivity contribution in [2.75, 3.05) is 26.2 Å². The van der Waals surface area contributed by atoms with Gasteiger partial charge in [-0.05, 0) is 0 Å². The van der Waals surface area contributed by atoms with Gasteiger partial charge in [0.2, 0.25) is 0 Å². The molecule has 2 saturated carbocycles. The predicted octanol–water partition coefficient (Wildman–Crippen LogP) is 6.45. The first kappa shape index (κ1) is 40.2. The summed E-state index contributed by atoms with van der Waals surface area (Å²) in [5, 5.41) is 8.11. The van der Waals surface area contributed by atoms with Crippen LogP contribution >= 0.6 is 0 Å². The van der Waals surface area contributed by atoms with Crippen LogP contribution in [-0.4, -0.2) is 100 Å². The number of alkyl halides is 6. The van der Waals surface area contributed by atoms with Crippen molar-refractivity contribution in [3.8, 4) is 0 Å². The molecule has 10 nitrogen and oxygen atoms in total. The van der Waals surface area contributed by atoms with Crippen molar-refractivity contribution < 1.29 is 64.8 Å². The van der Waals surface area contributed by atoms with Gasteiger partial charge in [-0.15, -0.1) is 0 Å². The average molecular weight is 911 g/mol. The van der Waals surface area contributed by atoms with E-state index in [9.17, 15) is 26.3 Å². The van der Waals surface area contributed by atoms with Crippen molar-refractivity contribution in [2.24, 2.45) is 35.5 Å². The molecule has 10 rings (SSSR count). The van der Waals surface area contributed by atoms with E-state index in [4.69, 9.17) is 38.5 Å². The number of fused-ring (bicyclic) bond motifs is 4. The normalized spacial score (nSPS) is 44.3. The second-order valence-corrected chi connectivity index (χ2v) is 24.5. The molecule has 8 aliphatic heterocycles. The van der Waals surface area contributed by atoms with Crippen molar-refractivity contribution in [1.29, 1.82) is 0 Å². The van der Waals surface area contributed by atoms with Crippen LogP contribution in [0.5, 0.6) is 0 Å². The zero-order valence-electron chi connectivity index (χ0n) is 30.9. The minimum atomic E-state index is -4.69. The van der Waals surface area contributed by atoms with E-state index >= 15 is 0 Å². The van der Waals surface area contributed by atoms with Gasteiger partial charge in [-0.2, -0.15) is 0 Å². The van der Waals surface area contributed by atoms with Crippen molar-refractivity contribution >= 4 is 26.3 Å².